The van der Waals surface area contributed by atoms with Crippen LogP contribution in [0.15, 0.2) is 46.3 Å². The molecule has 1 radical (unpaired) electrons. The molecule has 2 aliphatic heterocycles. The van der Waals surface area contributed by atoms with E-state index in [-0.39, 0.29) is 73.5 Å². The van der Waals surface area contributed by atoms with E-state index in [1.807, 2.05) is 0 Å². The Morgan fingerprint density at radius 2 is 0.843 bits per heavy atom. The molecule has 2 atom stereocenters. The minimum absolute atomic E-state index is 0. The van der Waals surface area contributed by atoms with Crippen molar-refractivity contribution in [2.45, 2.75) is 66.2 Å². The van der Waals surface area contributed by atoms with E-state index in [0.29, 0.717) is 0 Å². The van der Waals surface area contributed by atoms with E-state index in [1.54, 1.807) is 0 Å². The summed E-state index contributed by atoms with van der Waals surface area (Å²) in [5.41, 5.74) is -4.29. The molecule has 0 aromatic heterocycles. The van der Waals surface area contributed by atoms with Crippen LogP contribution < -0.4 is 9.47 Å². The quantitative estimate of drug-likeness (QED) is 0.145. The van der Waals surface area contributed by atoms with E-state index in [0.717, 1.165) is 26.0 Å². The molecule has 15 heteroatoms. The first-order valence-corrected chi connectivity index (χ1v) is 15.0. The number of hydrogen-bond acceptors (Lipinski definition) is 14. The number of ketones is 6. The summed E-state index contributed by atoms with van der Waals surface area (Å²) in [4.78, 5) is 73.4. The monoisotopic (exact) mass is 751 g/mol. The van der Waals surface area contributed by atoms with Gasteiger partial charge in [0.2, 0.25) is 0 Å². The van der Waals surface area contributed by atoms with Crippen LogP contribution in [0.5, 0.6) is 34.5 Å². The van der Waals surface area contributed by atoms with Crippen LogP contribution in [0.2, 0.25) is 0 Å². The van der Waals surface area contributed by atoms with Gasteiger partial charge in [-0.15, -0.1) is 0 Å². The van der Waals surface area contributed by atoms with Gasteiger partial charge in [-0.25, -0.2) is 0 Å². The normalized spacial score (nSPS) is 21.0. The fourth-order valence-electron chi connectivity index (χ4n) is 6.71. The Labute approximate surface area is 300 Å². The second kappa shape index (κ2) is 12.3. The molecule has 4 aliphatic rings. The third kappa shape index (κ3) is 4.98. The summed E-state index contributed by atoms with van der Waals surface area (Å²) in [5, 5.41) is 61.5. The third-order valence-corrected chi connectivity index (χ3v) is 9.50. The molecule has 0 spiro atoms. The number of aliphatic hydroxyl groups is 2. The van der Waals surface area contributed by atoms with Crippen LogP contribution in [-0.4, -0.2) is 65.3 Å². The van der Waals surface area contributed by atoms with Crippen molar-refractivity contribution in [3.05, 3.63) is 79.7 Å². The van der Waals surface area contributed by atoms with Crippen molar-refractivity contribution in [2.24, 2.45) is 0 Å². The zero-order valence-corrected chi connectivity index (χ0v) is 29.3. The van der Waals surface area contributed by atoms with Crippen LogP contribution in [0, 0.1) is 13.8 Å². The van der Waals surface area contributed by atoms with Gasteiger partial charge in [-0.1, -0.05) is 0 Å². The molecule has 0 bridgehead atoms. The number of hydrogen-bond donors (Lipinski definition) is 6. The summed E-state index contributed by atoms with van der Waals surface area (Å²) in [5.74, 6) is -6.91. The molecule has 6 N–H and O–H groups in total. The molecule has 0 fully saturated rings. The van der Waals surface area contributed by atoms with Crippen LogP contribution in [0.25, 0.3) is 0 Å². The van der Waals surface area contributed by atoms with Crippen molar-refractivity contribution in [2.75, 3.05) is 0 Å². The van der Waals surface area contributed by atoms with E-state index >= 15 is 0 Å². The van der Waals surface area contributed by atoms with Gasteiger partial charge in [0, 0.05) is 40.3 Å². The number of aliphatic hydroxyl groups excluding tert-OH is 2. The Morgan fingerprint density at radius 3 is 1.10 bits per heavy atom. The molecule has 0 saturated heterocycles. The summed E-state index contributed by atoms with van der Waals surface area (Å²) in [6.07, 6.45) is 2.24. The molecular formula is C36H32CuO14. The Balaban J connectivity index is 0.000000224. The van der Waals surface area contributed by atoms with E-state index < -0.39 is 91.2 Å². The number of allylic oxidation sites excluding steroid dienone is 6. The van der Waals surface area contributed by atoms with Gasteiger partial charge in [0.05, 0.1) is 11.1 Å². The Morgan fingerprint density at radius 1 is 0.549 bits per heavy atom. The topological polar surface area (TPSA) is 242 Å². The van der Waals surface area contributed by atoms with E-state index in [2.05, 4.69) is 0 Å². The van der Waals surface area contributed by atoms with E-state index in [4.69, 9.17) is 9.47 Å². The molecule has 2 heterocycles. The van der Waals surface area contributed by atoms with Gasteiger partial charge in [-0.05, 0) is 55.4 Å². The molecule has 6 rings (SSSR count). The molecular weight excluding hydrogens is 720 g/mol. The maximum Gasteiger partial charge on any atom is 0.188 e. The maximum absolute atomic E-state index is 13.0. The average molecular weight is 752 g/mol. The van der Waals surface area contributed by atoms with E-state index in [9.17, 15) is 59.4 Å². The number of phenols is 4. The average Bonchev–Trinajstić information content (AvgIpc) is 3.46. The summed E-state index contributed by atoms with van der Waals surface area (Å²) < 4.78 is 11.2. The van der Waals surface area contributed by atoms with Gasteiger partial charge in [-0.3, -0.25) is 28.8 Å². The van der Waals surface area contributed by atoms with Crippen LogP contribution in [0.4, 0.5) is 0 Å². The molecule has 51 heavy (non-hydrogen) atoms. The molecule has 2 aromatic carbocycles. The number of Topliss-reactive ketones (excluding diaryl/α,β-unsaturated/α-hetero) is 6. The molecule has 0 amide bonds. The standard InChI is InChI=1S/2C18H16O7.Cu/c2*1-6-14(22)12(8(3)20)16-13(15(6)23)18(4)10(25-16)5-9(21)11(7(2)19)17(18)24;/h2*5,21-23H,1-4H3;. The fourth-order valence-corrected chi connectivity index (χ4v) is 6.71. The number of aromatic hydroxyl groups is 4. The first-order chi connectivity index (χ1) is 23.1. The van der Waals surface area contributed by atoms with Crippen molar-refractivity contribution in [3.8, 4) is 34.5 Å². The van der Waals surface area contributed by atoms with E-state index in [1.165, 1.54) is 41.5 Å². The summed E-state index contributed by atoms with van der Waals surface area (Å²) >= 11 is 0. The number of fused-ring (bicyclic) bond motifs is 6. The number of phenolic OH excluding ortho intramolecular Hbond substituents is 4. The molecule has 2 unspecified atom stereocenters. The first-order valence-electron chi connectivity index (χ1n) is 15.0. The molecule has 14 nitrogen and oxygen atoms in total. The summed E-state index contributed by atoms with van der Waals surface area (Å²) in [6.45, 7) is 10.4. The minimum Gasteiger partial charge on any atom is -0.507 e. The van der Waals surface area contributed by atoms with Crippen molar-refractivity contribution in [1.29, 1.82) is 0 Å². The predicted octanol–water partition coefficient (Wildman–Crippen LogP) is 4.25. The fraction of sp³-hybridized carbons (Fsp3) is 0.278. The Kier molecular flexibility index (Phi) is 9.19. The Hall–Kier alpha value is -5.66. The largest absolute Gasteiger partial charge is 0.507 e. The van der Waals surface area contributed by atoms with Crippen LogP contribution >= 0.6 is 0 Å². The number of rotatable bonds is 4. The SMILES string of the molecule is CC(=O)C1=C(O)C=C2Oc3c(C(C)=O)c(O)c(C)c(O)c3C2(C)C1=O.CC(=O)C1=C(O)C=C2Oc3c(C(C)=O)c(O)c(C)c(O)c3C2(C)C1=O.[Cu]. The first kappa shape index (κ1) is 38.1. The summed E-state index contributed by atoms with van der Waals surface area (Å²) in [6, 6.07) is 0. The van der Waals surface area contributed by atoms with Gasteiger partial charge in [0.25, 0.3) is 0 Å². The number of ether oxygens (including phenoxy) is 2. The van der Waals surface area contributed by atoms with Gasteiger partial charge >= 0.3 is 0 Å². The number of carbonyl (C=O) groups excluding carboxylic acids is 6. The van der Waals surface area contributed by atoms with Gasteiger partial charge < -0.3 is 40.1 Å². The zero-order chi connectivity index (χ0) is 37.7. The van der Waals surface area contributed by atoms with Crippen molar-refractivity contribution in [1.82, 2.24) is 0 Å². The molecule has 0 saturated carbocycles. The third-order valence-electron chi connectivity index (χ3n) is 9.50. The minimum atomic E-state index is -1.59. The zero-order valence-electron chi connectivity index (χ0n) is 28.4. The van der Waals surface area contributed by atoms with Crippen molar-refractivity contribution >= 4 is 34.7 Å². The van der Waals surface area contributed by atoms with Crippen LogP contribution in [0.3, 0.4) is 0 Å². The Bertz CT molecular complexity index is 2060. The molecule has 2 aliphatic carbocycles. The van der Waals surface area contributed by atoms with Gasteiger partial charge in [0.15, 0.2) is 34.7 Å². The molecule has 271 valence electrons. The second-order valence-corrected chi connectivity index (χ2v) is 12.7. The van der Waals surface area contributed by atoms with Crippen LogP contribution in [0.1, 0.15) is 84.5 Å². The van der Waals surface area contributed by atoms with Crippen molar-refractivity contribution < 1.29 is 85.9 Å². The van der Waals surface area contributed by atoms with Crippen molar-refractivity contribution in [3.63, 3.8) is 0 Å². The number of carbonyl (C=O) groups is 6. The number of benzene rings is 2. The van der Waals surface area contributed by atoms with Crippen LogP contribution in [-0.2, 0) is 47.1 Å². The predicted molar refractivity (Wildman–Crippen MR) is 172 cm³/mol. The second-order valence-electron chi connectivity index (χ2n) is 12.7. The van der Waals surface area contributed by atoms with Gasteiger partial charge in [0.1, 0.15) is 90.6 Å². The maximum atomic E-state index is 13.0. The molecule has 2 aromatic rings. The summed E-state index contributed by atoms with van der Waals surface area (Å²) in [7, 11) is 0. The smallest absolute Gasteiger partial charge is 0.188 e. The van der Waals surface area contributed by atoms with Gasteiger partial charge in [-0.2, -0.15) is 0 Å².